The van der Waals surface area contributed by atoms with Gasteiger partial charge in [0.1, 0.15) is 11.6 Å². The molecule has 0 heterocycles. The molecule has 19 heavy (non-hydrogen) atoms. The van der Waals surface area contributed by atoms with Crippen molar-refractivity contribution in [1.82, 2.24) is 0 Å². The summed E-state index contributed by atoms with van der Waals surface area (Å²) in [6, 6.07) is 10.6. The molecule has 0 aliphatic carbocycles. The van der Waals surface area contributed by atoms with Gasteiger partial charge >= 0.3 is 0 Å². The highest BCUT2D eigenvalue weighted by Crippen LogP contribution is 2.21. The van der Waals surface area contributed by atoms with Gasteiger partial charge in [0.05, 0.1) is 6.10 Å². The van der Waals surface area contributed by atoms with Crippen molar-refractivity contribution in [3.8, 4) is 0 Å². The Labute approximate surface area is 115 Å². The first-order valence-corrected chi connectivity index (χ1v) is 6.30. The predicted octanol–water partition coefficient (Wildman–Crippen LogP) is 3.76. The molecule has 0 radical (unpaired) electrons. The van der Waals surface area contributed by atoms with Crippen molar-refractivity contribution in [3.05, 3.63) is 70.2 Å². The van der Waals surface area contributed by atoms with Crippen molar-refractivity contribution in [2.75, 3.05) is 0 Å². The largest absolute Gasteiger partial charge is 0.392 e. The van der Waals surface area contributed by atoms with Crippen molar-refractivity contribution in [1.29, 1.82) is 0 Å². The third-order valence-electron chi connectivity index (χ3n) is 2.91. The molecule has 1 atom stereocenters. The van der Waals surface area contributed by atoms with E-state index >= 15 is 0 Å². The van der Waals surface area contributed by atoms with Gasteiger partial charge in [-0.2, -0.15) is 0 Å². The Hall–Kier alpha value is -1.45. The van der Waals surface area contributed by atoms with Gasteiger partial charge in [-0.3, -0.25) is 0 Å². The van der Waals surface area contributed by atoms with Crippen molar-refractivity contribution in [3.63, 3.8) is 0 Å². The van der Waals surface area contributed by atoms with Gasteiger partial charge in [-0.25, -0.2) is 8.78 Å². The molecule has 0 bridgehead atoms. The zero-order valence-corrected chi connectivity index (χ0v) is 10.9. The Morgan fingerprint density at radius 3 is 2.32 bits per heavy atom. The number of aliphatic hydroxyl groups is 1. The molecule has 0 saturated carbocycles. The van der Waals surface area contributed by atoms with E-state index in [1.54, 1.807) is 24.3 Å². The lowest BCUT2D eigenvalue weighted by atomic mass is 10.0. The Morgan fingerprint density at radius 1 is 0.947 bits per heavy atom. The van der Waals surface area contributed by atoms with Crippen LogP contribution in [0.15, 0.2) is 42.5 Å². The average molecular weight is 283 g/mol. The minimum Gasteiger partial charge on any atom is -0.392 e. The molecule has 0 fully saturated rings. The van der Waals surface area contributed by atoms with E-state index in [2.05, 4.69) is 0 Å². The Balaban J connectivity index is 2.10. The van der Waals surface area contributed by atoms with Crippen LogP contribution in [0.3, 0.4) is 0 Å². The average Bonchev–Trinajstić information content (AvgIpc) is 2.37. The number of aliphatic hydroxyl groups excluding tert-OH is 1. The van der Waals surface area contributed by atoms with Crippen molar-refractivity contribution in [2.45, 2.75) is 18.9 Å². The highest BCUT2D eigenvalue weighted by molar-refractivity contribution is 6.31. The van der Waals surface area contributed by atoms with Gasteiger partial charge in [0.2, 0.25) is 0 Å². The fraction of sp³-hybridized carbons (Fsp3) is 0.200. The van der Waals surface area contributed by atoms with Crippen LogP contribution < -0.4 is 0 Å². The molecule has 1 unspecified atom stereocenters. The summed E-state index contributed by atoms with van der Waals surface area (Å²) in [7, 11) is 0. The molecule has 1 N–H and O–H groups in total. The summed E-state index contributed by atoms with van der Waals surface area (Å²) in [5, 5.41) is 10.2. The van der Waals surface area contributed by atoms with E-state index in [1.165, 1.54) is 18.2 Å². The zero-order chi connectivity index (χ0) is 13.8. The predicted molar refractivity (Wildman–Crippen MR) is 71.2 cm³/mol. The van der Waals surface area contributed by atoms with Crippen LogP contribution in [0, 0.1) is 11.6 Å². The molecular weight excluding hydrogens is 270 g/mol. The highest BCUT2D eigenvalue weighted by atomic mass is 35.5. The summed E-state index contributed by atoms with van der Waals surface area (Å²) >= 11 is 5.88. The first kappa shape index (κ1) is 14.0. The lowest BCUT2D eigenvalue weighted by molar-refractivity contribution is 0.173. The molecule has 100 valence electrons. The minimum atomic E-state index is -0.883. The molecule has 0 aliphatic heterocycles. The number of rotatable bonds is 4. The third-order valence-corrected chi connectivity index (χ3v) is 3.27. The SMILES string of the molecule is OC(Cc1ccccc1F)Cc1c(F)cccc1Cl. The van der Waals surface area contributed by atoms with Crippen LogP contribution in [-0.2, 0) is 12.8 Å². The maximum absolute atomic E-state index is 13.6. The Morgan fingerprint density at radius 2 is 1.63 bits per heavy atom. The molecule has 4 heteroatoms. The van der Waals surface area contributed by atoms with Gasteiger partial charge in [0, 0.05) is 23.4 Å². The van der Waals surface area contributed by atoms with E-state index in [9.17, 15) is 13.9 Å². The van der Waals surface area contributed by atoms with Crippen LogP contribution in [0.2, 0.25) is 5.02 Å². The van der Waals surface area contributed by atoms with Gasteiger partial charge in [0.15, 0.2) is 0 Å². The summed E-state index contributed by atoms with van der Waals surface area (Å²) < 4.78 is 27.0. The number of hydrogen-bond acceptors (Lipinski definition) is 1. The zero-order valence-electron chi connectivity index (χ0n) is 10.1. The molecule has 0 aromatic heterocycles. The van der Waals surface area contributed by atoms with Crippen LogP contribution in [-0.4, -0.2) is 11.2 Å². The quantitative estimate of drug-likeness (QED) is 0.905. The first-order chi connectivity index (χ1) is 9.08. The van der Waals surface area contributed by atoms with Crippen molar-refractivity contribution < 1.29 is 13.9 Å². The van der Waals surface area contributed by atoms with Crippen LogP contribution in [0.25, 0.3) is 0 Å². The summed E-state index contributed by atoms with van der Waals surface area (Å²) in [5.74, 6) is -0.832. The fourth-order valence-electron chi connectivity index (χ4n) is 1.95. The first-order valence-electron chi connectivity index (χ1n) is 5.92. The van der Waals surface area contributed by atoms with Gasteiger partial charge in [-0.15, -0.1) is 0 Å². The standard InChI is InChI=1S/C15H13ClF2O/c16-13-5-3-7-15(18)12(13)9-11(19)8-10-4-1-2-6-14(10)17/h1-7,11,19H,8-9H2. The molecule has 2 rings (SSSR count). The van der Waals surface area contributed by atoms with E-state index in [-0.39, 0.29) is 29.2 Å². The second-order valence-corrected chi connectivity index (χ2v) is 4.76. The normalized spacial score (nSPS) is 12.4. The van der Waals surface area contributed by atoms with E-state index in [0.29, 0.717) is 5.56 Å². The second kappa shape index (κ2) is 6.13. The fourth-order valence-corrected chi connectivity index (χ4v) is 2.19. The molecule has 2 aromatic carbocycles. The van der Waals surface area contributed by atoms with Crippen molar-refractivity contribution in [2.24, 2.45) is 0 Å². The summed E-state index contributed by atoms with van der Waals surface area (Å²) in [4.78, 5) is 0. The summed E-state index contributed by atoms with van der Waals surface area (Å²) in [6.07, 6.45) is -0.705. The van der Waals surface area contributed by atoms with E-state index in [4.69, 9.17) is 11.6 Å². The van der Waals surface area contributed by atoms with Crippen molar-refractivity contribution >= 4 is 11.6 Å². The smallest absolute Gasteiger partial charge is 0.127 e. The minimum absolute atomic E-state index is 0.0554. The molecule has 2 aromatic rings. The van der Waals surface area contributed by atoms with E-state index < -0.39 is 11.9 Å². The maximum Gasteiger partial charge on any atom is 0.127 e. The maximum atomic E-state index is 13.6. The number of benzene rings is 2. The van der Waals surface area contributed by atoms with Gasteiger partial charge in [-0.1, -0.05) is 35.9 Å². The molecule has 0 spiro atoms. The number of hydrogen-bond donors (Lipinski definition) is 1. The van der Waals surface area contributed by atoms with Gasteiger partial charge in [-0.05, 0) is 23.8 Å². The molecule has 1 nitrogen and oxygen atoms in total. The monoisotopic (exact) mass is 282 g/mol. The number of halogens is 3. The lowest BCUT2D eigenvalue weighted by Gasteiger charge is -2.13. The van der Waals surface area contributed by atoms with Crippen LogP contribution in [0.4, 0.5) is 8.78 Å². The second-order valence-electron chi connectivity index (χ2n) is 4.35. The van der Waals surface area contributed by atoms with Crippen LogP contribution in [0.1, 0.15) is 11.1 Å². The highest BCUT2D eigenvalue weighted by Gasteiger charge is 2.14. The van der Waals surface area contributed by atoms with Crippen LogP contribution in [0.5, 0.6) is 0 Å². The van der Waals surface area contributed by atoms with E-state index in [1.807, 2.05) is 0 Å². The summed E-state index contributed by atoms with van der Waals surface area (Å²) in [6.45, 7) is 0. The lowest BCUT2D eigenvalue weighted by Crippen LogP contribution is -2.16. The molecule has 0 amide bonds. The Bertz CT molecular complexity index is 552. The van der Waals surface area contributed by atoms with Gasteiger partial charge < -0.3 is 5.11 Å². The molecular formula is C15H13ClF2O. The van der Waals surface area contributed by atoms with E-state index in [0.717, 1.165) is 0 Å². The van der Waals surface area contributed by atoms with Gasteiger partial charge in [0.25, 0.3) is 0 Å². The molecule has 0 aliphatic rings. The van der Waals surface area contributed by atoms with Crippen LogP contribution >= 0.6 is 11.6 Å². The summed E-state index contributed by atoms with van der Waals surface area (Å²) in [5.41, 5.74) is 0.662. The topological polar surface area (TPSA) is 20.2 Å². The third kappa shape index (κ3) is 3.52. The molecule has 0 saturated heterocycles. The Kier molecular flexibility index (Phi) is 4.51.